The molecule has 23 heavy (non-hydrogen) atoms. The summed E-state index contributed by atoms with van der Waals surface area (Å²) in [4.78, 5) is 0. The first-order chi connectivity index (χ1) is 11.4. The van der Waals surface area contributed by atoms with E-state index in [0.29, 0.717) is 0 Å². The van der Waals surface area contributed by atoms with Gasteiger partial charge in [-0.2, -0.15) is 0 Å². The molecule has 0 nitrogen and oxygen atoms in total. The lowest BCUT2D eigenvalue weighted by atomic mass is 9.73. The van der Waals surface area contributed by atoms with Crippen LogP contribution in [0.5, 0.6) is 0 Å². The summed E-state index contributed by atoms with van der Waals surface area (Å²) in [5.41, 5.74) is 3.38. The van der Waals surface area contributed by atoms with Crippen molar-refractivity contribution in [3.63, 3.8) is 0 Å². The van der Waals surface area contributed by atoms with Crippen LogP contribution in [0.1, 0.15) is 82.6 Å². The van der Waals surface area contributed by atoms with E-state index in [2.05, 4.69) is 36.4 Å². The normalized spacial score (nSPS) is 20.3. The number of benzene rings is 1. The van der Waals surface area contributed by atoms with Crippen molar-refractivity contribution < 1.29 is 0 Å². The third-order valence-electron chi connectivity index (χ3n) is 6.05. The SMILES string of the molecule is C(CCCc1ccccc1)=C(C1CCCCC1)C1CCCCC1. The molecular weight excluding hydrogens is 276 g/mol. The van der Waals surface area contributed by atoms with Crippen molar-refractivity contribution in [2.75, 3.05) is 0 Å². The minimum absolute atomic E-state index is 0.934. The average Bonchev–Trinajstić information content (AvgIpc) is 2.64. The molecule has 0 aromatic heterocycles. The summed E-state index contributed by atoms with van der Waals surface area (Å²) >= 11 is 0. The third-order valence-corrected chi connectivity index (χ3v) is 6.05. The second-order valence-electron chi connectivity index (χ2n) is 7.75. The van der Waals surface area contributed by atoms with Crippen molar-refractivity contribution >= 4 is 0 Å². The number of unbranched alkanes of at least 4 members (excludes halogenated alkanes) is 1. The van der Waals surface area contributed by atoms with E-state index in [0.717, 1.165) is 11.8 Å². The molecule has 2 aliphatic rings. The van der Waals surface area contributed by atoms with Gasteiger partial charge >= 0.3 is 0 Å². The van der Waals surface area contributed by atoms with Gasteiger partial charge in [0.25, 0.3) is 0 Å². The Morgan fingerprint density at radius 3 is 1.91 bits per heavy atom. The fourth-order valence-electron chi connectivity index (χ4n) is 4.76. The van der Waals surface area contributed by atoms with Gasteiger partial charge in [-0.1, -0.05) is 80.5 Å². The minimum atomic E-state index is 0.934. The summed E-state index contributed by atoms with van der Waals surface area (Å²) < 4.78 is 0. The lowest BCUT2D eigenvalue weighted by Crippen LogP contribution is -2.18. The Balaban J connectivity index is 1.57. The molecule has 126 valence electrons. The highest BCUT2D eigenvalue weighted by Crippen LogP contribution is 2.39. The number of hydrogen-bond donors (Lipinski definition) is 0. The van der Waals surface area contributed by atoms with Crippen molar-refractivity contribution in [3.8, 4) is 0 Å². The Labute approximate surface area is 143 Å². The summed E-state index contributed by atoms with van der Waals surface area (Å²) in [5.74, 6) is 1.87. The zero-order valence-corrected chi connectivity index (χ0v) is 14.8. The summed E-state index contributed by atoms with van der Waals surface area (Å²) in [6, 6.07) is 11.0. The standard InChI is InChI=1S/C23H34/c1-4-12-20(13-5-1)14-10-11-19-23(21-15-6-2-7-16-21)22-17-8-3-9-18-22/h1,4-5,12-13,19,21-22H,2-3,6-11,14-18H2. The average molecular weight is 311 g/mol. The van der Waals surface area contributed by atoms with Gasteiger partial charge in [-0.25, -0.2) is 0 Å². The van der Waals surface area contributed by atoms with E-state index in [1.165, 1.54) is 89.0 Å². The van der Waals surface area contributed by atoms with Gasteiger partial charge in [0.1, 0.15) is 0 Å². The van der Waals surface area contributed by atoms with Crippen LogP contribution in [-0.4, -0.2) is 0 Å². The maximum absolute atomic E-state index is 2.69. The molecular formula is C23H34. The van der Waals surface area contributed by atoms with Gasteiger partial charge < -0.3 is 0 Å². The lowest BCUT2D eigenvalue weighted by Gasteiger charge is -2.32. The molecule has 0 unspecified atom stereocenters. The molecule has 0 atom stereocenters. The van der Waals surface area contributed by atoms with Crippen molar-refractivity contribution in [3.05, 3.63) is 47.5 Å². The molecule has 0 saturated heterocycles. The highest BCUT2D eigenvalue weighted by molar-refractivity contribution is 5.16. The second kappa shape index (κ2) is 9.30. The molecule has 1 aromatic carbocycles. The van der Waals surface area contributed by atoms with E-state index >= 15 is 0 Å². The molecule has 2 saturated carbocycles. The number of hydrogen-bond acceptors (Lipinski definition) is 0. The zero-order chi connectivity index (χ0) is 15.7. The van der Waals surface area contributed by atoms with E-state index in [9.17, 15) is 0 Å². The van der Waals surface area contributed by atoms with E-state index < -0.39 is 0 Å². The summed E-state index contributed by atoms with van der Waals surface area (Å²) in [6.07, 6.45) is 21.3. The largest absolute Gasteiger partial charge is 0.0848 e. The molecule has 0 radical (unpaired) electrons. The first kappa shape index (κ1) is 16.8. The summed E-state index contributed by atoms with van der Waals surface area (Å²) in [5, 5.41) is 0. The molecule has 1 aromatic rings. The predicted octanol–water partition coefficient (Wildman–Crippen LogP) is 7.10. The molecule has 0 amide bonds. The van der Waals surface area contributed by atoms with Crippen LogP contribution in [0, 0.1) is 11.8 Å². The first-order valence-corrected chi connectivity index (χ1v) is 10.2. The Kier molecular flexibility index (Phi) is 6.80. The number of allylic oxidation sites excluding steroid dienone is 2. The maximum atomic E-state index is 2.69. The topological polar surface area (TPSA) is 0 Å². The minimum Gasteiger partial charge on any atom is -0.0848 e. The van der Waals surface area contributed by atoms with Crippen LogP contribution in [-0.2, 0) is 6.42 Å². The number of rotatable bonds is 6. The summed E-state index contributed by atoms with van der Waals surface area (Å²) in [7, 11) is 0. The van der Waals surface area contributed by atoms with E-state index in [4.69, 9.17) is 0 Å². The van der Waals surface area contributed by atoms with Gasteiger partial charge in [-0.15, -0.1) is 0 Å². The van der Waals surface area contributed by atoms with Crippen LogP contribution >= 0.6 is 0 Å². The van der Waals surface area contributed by atoms with Crippen LogP contribution in [0.15, 0.2) is 42.0 Å². The fraction of sp³-hybridized carbons (Fsp3) is 0.652. The summed E-state index contributed by atoms with van der Waals surface area (Å²) in [6.45, 7) is 0. The van der Waals surface area contributed by atoms with Gasteiger partial charge in [-0.05, 0) is 62.3 Å². The van der Waals surface area contributed by atoms with Crippen molar-refractivity contribution in [2.45, 2.75) is 83.5 Å². The van der Waals surface area contributed by atoms with Gasteiger partial charge in [-0.3, -0.25) is 0 Å². The van der Waals surface area contributed by atoms with Crippen molar-refractivity contribution in [1.82, 2.24) is 0 Å². The van der Waals surface area contributed by atoms with Crippen LogP contribution < -0.4 is 0 Å². The Bertz CT molecular complexity index is 438. The monoisotopic (exact) mass is 310 g/mol. The zero-order valence-electron chi connectivity index (χ0n) is 14.8. The van der Waals surface area contributed by atoms with E-state index in [-0.39, 0.29) is 0 Å². The lowest BCUT2D eigenvalue weighted by molar-refractivity contribution is 0.325. The van der Waals surface area contributed by atoms with Crippen molar-refractivity contribution in [1.29, 1.82) is 0 Å². The Hall–Kier alpha value is -1.04. The van der Waals surface area contributed by atoms with Crippen LogP contribution in [0.4, 0.5) is 0 Å². The molecule has 2 fully saturated rings. The highest BCUT2D eigenvalue weighted by atomic mass is 14.3. The van der Waals surface area contributed by atoms with E-state index in [1.807, 2.05) is 5.57 Å². The molecule has 0 spiro atoms. The second-order valence-corrected chi connectivity index (χ2v) is 7.75. The fourth-order valence-corrected chi connectivity index (χ4v) is 4.76. The van der Waals surface area contributed by atoms with Gasteiger partial charge in [0.15, 0.2) is 0 Å². The van der Waals surface area contributed by atoms with Crippen LogP contribution in [0.3, 0.4) is 0 Å². The third kappa shape index (κ3) is 5.23. The highest BCUT2D eigenvalue weighted by Gasteiger charge is 2.25. The smallest absolute Gasteiger partial charge is 0.0200 e. The van der Waals surface area contributed by atoms with Gasteiger partial charge in [0.05, 0.1) is 0 Å². The molecule has 0 aliphatic heterocycles. The van der Waals surface area contributed by atoms with Gasteiger partial charge in [0.2, 0.25) is 0 Å². The molecule has 3 rings (SSSR count). The Morgan fingerprint density at radius 2 is 1.35 bits per heavy atom. The molecule has 0 heterocycles. The quantitative estimate of drug-likeness (QED) is 0.388. The Morgan fingerprint density at radius 1 is 0.783 bits per heavy atom. The number of aryl methyl sites for hydroxylation is 1. The van der Waals surface area contributed by atoms with Crippen LogP contribution in [0.25, 0.3) is 0 Å². The molecule has 0 N–H and O–H groups in total. The van der Waals surface area contributed by atoms with Crippen molar-refractivity contribution in [2.24, 2.45) is 11.8 Å². The maximum Gasteiger partial charge on any atom is -0.0200 e. The molecule has 2 aliphatic carbocycles. The first-order valence-electron chi connectivity index (χ1n) is 10.2. The molecule has 0 bridgehead atoms. The van der Waals surface area contributed by atoms with E-state index in [1.54, 1.807) is 0 Å². The van der Waals surface area contributed by atoms with Crippen LogP contribution in [0.2, 0.25) is 0 Å². The molecule has 0 heteroatoms. The van der Waals surface area contributed by atoms with Gasteiger partial charge in [0, 0.05) is 0 Å². The predicted molar refractivity (Wildman–Crippen MR) is 101 cm³/mol.